The van der Waals surface area contributed by atoms with E-state index in [4.69, 9.17) is 19.9 Å². The van der Waals surface area contributed by atoms with E-state index in [1.54, 1.807) is 11.3 Å². The second-order valence-corrected chi connectivity index (χ2v) is 18.4. The summed E-state index contributed by atoms with van der Waals surface area (Å²) in [5.74, 6) is 1.87. The molecule has 4 heterocycles. The Morgan fingerprint density at radius 2 is 0.971 bits per heavy atom. The van der Waals surface area contributed by atoms with Crippen molar-refractivity contribution in [1.29, 1.82) is 0 Å². The number of thiophene rings is 1. The Balaban J connectivity index is 1.00. The maximum atomic E-state index is 5.42. The lowest BCUT2D eigenvalue weighted by Crippen LogP contribution is -2.00. The van der Waals surface area contributed by atoms with E-state index in [1.807, 2.05) is 0 Å². The van der Waals surface area contributed by atoms with Gasteiger partial charge in [0.05, 0.1) is 22.2 Å². The van der Waals surface area contributed by atoms with Crippen molar-refractivity contribution >= 4 is 85.8 Å². The van der Waals surface area contributed by atoms with E-state index in [-0.39, 0.29) is 0 Å². The SMILES string of the molecule is c1ccc(-c2nc3ccccc3c3c2ccc2sc4c(-c5nc(-c6cccc(-c7ccc8ccccc8c7)c6)nc(-c6ccc7c(c6)c6ccccc6n7-c6ccccc6)n5)cccc4c23)cc1. The first-order chi connectivity index (χ1) is 33.7. The van der Waals surface area contributed by atoms with Crippen molar-refractivity contribution in [3.05, 3.63) is 224 Å². The Labute approximate surface area is 394 Å². The molecule has 316 valence electrons. The molecule has 68 heavy (non-hydrogen) atoms. The van der Waals surface area contributed by atoms with Gasteiger partial charge in [0.2, 0.25) is 0 Å². The molecule has 14 rings (SSSR count). The zero-order valence-electron chi connectivity index (χ0n) is 36.5. The van der Waals surface area contributed by atoms with Gasteiger partial charge in [0.25, 0.3) is 0 Å². The third kappa shape index (κ3) is 6.15. The van der Waals surface area contributed by atoms with Crippen molar-refractivity contribution < 1.29 is 0 Å². The van der Waals surface area contributed by atoms with E-state index in [2.05, 4.69) is 229 Å². The minimum Gasteiger partial charge on any atom is -0.309 e. The lowest BCUT2D eigenvalue weighted by Gasteiger charge is -2.12. The Kier molecular flexibility index (Phi) is 8.69. The predicted molar refractivity (Wildman–Crippen MR) is 285 cm³/mol. The molecule has 10 aromatic carbocycles. The van der Waals surface area contributed by atoms with Gasteiger partial charge in [-0.05, 0) is 88.6 Å². The fourth-order valence-electron chi connectivity index (χ4n) is 10.3. The van der Waals surface area contributed by atoms with Crippen LogP contribution in [0.15, 0.2) is 224 Å². The van der Waals surface area contributed by atoms with Gasteiger partial charge in [0.1, 0.15) is 0 Å². The summed E-state index contributed by atoms with van der Waals surface area (Å²) in [6.07, 6.45) is 0. The first-order valence-corrected chi connectivity index (χ1v) is 23.7. The Hall–Kier alpha value is -8.84. The van der Waals surface area contributed by atoms with Crippen molar-refractivity contribution in [2.24, 2.45) is 0 Å². The number of nitrogens with zero attached hydrogens (tertiary/aromatic N) is 5. The predicted octanol–water partition coefficient (Wildman–Crippen LogP) is 16.5. The van der Waals surface area contributed by atoms with Crippen LogP contribution in [0, 0.1) is 0 Å². The highest BCUT2D eigenvalue weighted by Gasteiger charge is 2.21. The van der Waals surface area contributed by atoms with Crippen LogP contribution in [0.1, 0.15) is 0 Å². The highest BCUT2D eigenvalue weighted by molar-refractivity contribution is 7.26. The normalized spacial score (nSPS) is 11.8. The average Bonchev–Trinajstić information content (AvgIpc) is 3.97. The first-order valence-electron chi connectivity index (χ1n) is 22.9. The minimum absolute atomic E-state index is 0.618. The number of benzene rings is 10. The van der Waals surface area contributed by atoms with Crippen LogP contribution in [0.4, 0.5) is 0 Å². The van der Waals surface area contributed by atoms with E-state index >= 15 is 0 Å². The van der Waals surface area contributed by atoms with Crippen LogP contribution in [0.25, 0.3) is 137 Å². The monoisotopic (exact) mass is 883 g/mol. The molecular weight excluding hydrogens is 847 g/mol. The molecule has 0 atom stereocenters. The molecular formula is C62H37N5S. The summed E-state index contributed by atoms with van der Waals surface area (Å²) in [5.41, 5.74) is 11.5. The molecule has 0 fully saturated rings. The number of pyridine rings is 1. The molecule has 0 saturated carbocycles. The van der Waals surface area contributed by atoms with E-state index < -0.39 is 0 Å². The minimum atomic E-state index is 0.618. The maximum absolute atomic E-state index is 5.42. The van der Waals surface area contributed by atoms with Gasteiger partial charge in [-0.2, -0.15) is 0 Å². The van der Waals surface area contributed by atoms with Crippen molar-refractivity contribution in [1.82, 2.24) is 24.5 Å². The van der Waals surface area contributed by atoms with Crippen LogP contribution in [0.5, 0.6) is 0 Å². The Bertz CT molecular complexity index is 4330. The molecule has 0 unspecified atom stereocenters. The molecule has 0 amide bonds. The third-order valence-corrected chi connectivity index (χ3v) is 14.6. The zero-order valence-corrected chi connectivity index (χ0v) is 37.3. The van der Waals surface area contributed by atoms with Crippen LogP contribution < -0.4 is 0 Å². The average molecular weight is 884 g/mol. The topological polar surface area (TPSA) is 56.5 Å². The second kappa shape index (κ2) is 15.4. The lowest BCUT2D eigenvalue weighted by atomic mass is 9.96. The maximum Gasteiger partial charge on any atom is 0.165 e. The molecule has 0 saturated heterocycles. The summed E-state index contributed by atoms with van der Waals surface area (Å²) in [5, 5.41) is 10.6. The molecule has 0 spiro atoms. The number of hydrogen-bond acceptors (Lipinski definition) is 5. The summed E-state index contributed by atoms with van der Waals surface area (Å²) in [6.45, 7) is 0. The van der Waals surface area contributed by atoms with Crippen molar-refractivity contribution in [2.75, 3.05) is 0 Å². The summed E-state index contributed by atoms with van der Waals surface area (Å²) < 4.78 is 4.67. The first kappa shape index (κ1) is 38.4. The number of rotatable bonds is 6. The van der Waals surface area contributed by atoms with Crippen LogP contribution >= 0.6 is 11.3 Å². The van der Waals surface area contributed by atoms with Crippen molar-refractivity contribution in [2.45, 2.75) is 0 Å². The van der Waals surface area contributed by atoms with Gasteiger partial charge >= 0.3 is 0 Å². The van der Waals surface area contributed by atoms with Crippen LogP contribution in [-0.2, 0) is 0 Å². The van der Waals surface area contributed by atoms with E-state index in [9.17, 15) is 0 Å². The number of hydrogen-bond donors (Lipinski definition) is 0. The third-order valence-electron chi connectivity index (χ3n) is 13.4. The molecule has 0 aliphatic carbocycles. The Morgan fingerprint density at radius 1 is 0.338 bits per heavy atom. The number of fused-ring (bicyclic) bond motifs is 11. The molecule has 0 radical (unpaired) electrons. The molecule has 4 aromatic heterocycles. The van der Waals surface area contributed by atoms with E-state index in [1.165, 1.54) is 37.0 Å². The highest BCUT2D eigenvalue weighted by Crippen LogP contribution is 2.46. The van der Waals surface area contributed by atoms with Gasteiger partial charge in [-0.3, -0.25) is 0 Å². The second-order valence-electron chi connectivity index (χ2n) is 17.4. The quantitative estimate of drug-likeness (QED) is 0.156. The fraction of sp³-hybridized carbons (Fsp3) is 0. The van der Waals surface area contributed by atoms with Gasteiger partial charge in [-0.25, -0.2) is 19.9 Å². The number of aromatic nitrogens is 5. The summed E-state index contributed by atoms with van der Waals surface area (Å²) in [4.78, 5) is 21.4. The zero-order chi connectivity index (χ0) is 44.7. The van der Waals surface area contributed by atoms with E-state index in [0.717, 1.165) is 82.2 Å². The standard InChI is InChI=1S/C62H37N5S/c1-3-16-39(17-4-1)58-48-32-34-55-57(56(48)47-24-9-11-27-52(47)63-58)49-25-14-26-50(59(49)68-55)62-65-60(43-20-13-19-41(36-43)42-30-29-38-15-7-8-18-40(38)35-42)64-61(66-62)44-31-33-54-51(37-44)46-23-10-12-28-53(46)67(54)45-21-5-2-6-22-45/h1-37H. The van der Waals surface area contributed by atoms with Crippen LogP contribution in [0.3, 0.4) is 0 Å². The fourth-order valence-corrected chi connectivity index (χ4v) is 11.5. The van der Waals surface area contributed by atoms with Gasteiger partial charge in [-0.15, -0.1) is 11.3 Å². The smallest absolute Gasteiger partial charge is 0.165 e. The molecule has 0 N–H and O–H groups in total. The number of para-hydroxylation sites is 3. The molecule has 14 aromatic rings. The molecule has 6 heteroatoms. The summed E-state index contributed by atoms with van der Waals surface area (Å²) in [6, 6.07) is 79.7. The van der Waals surface area contributed by atoms with Crippen LogP contribution in [0.2, 0.25) is 0 Å². The summed E-state index contributed by atoms with van der Waals surface area (Å²) >= 11 is 1.79. The highest BCUT2D eigenvalue weighted by atomic mass is 32.1. The van der Waals surface area contributed by atoms with Gasteiger partial charge in [0, 0.05) is 75.0 Å². The van der Waals surface area contributed by atoms with Crippen molar-refractivity contribution in [3.8, 4) is 62.2 Å². The van der Waals surface area contributed by atoms with E-state index in [0.29, 0.717) is 17.5 Å². The Morgan fingerprint density at radius 3 is 1.84 bits per heavy atom. The summed E-state index contributed by atoms with van der Waals surface area (Å²) in [7, 11) is 0. The van der Waals surface area contributed by atoms with Gasteiger partial charge in [0.15, 0.2) is 17.5 Å². The largest absolute Gasteiger partial charge is 0.309 e. The molecule has 0 aliphatic rings. The van der Waals surface area contributed by atoms with Gasteiger partial charge < -0.3 is 4.57 Å². The molecule has 0 bridgehead atoms. The van der Waals surface area contributed by atoms with Crippen LogP contribution in [-0.4, -0.2) is 24.5 Å². The molecule has 0 aliphatic heterocycles. The molecule has 5 nitrogen and oxygen atoms in total. The van der Waals surface area contributed by atoms with Crippen molar-refractivity contribution in [3.63, 3.8) is 0 Å². The van der Waals surface area contributed by atoms with Gasteiger partial charge in [-0.1, -0.05) is 158 Å². The lowest BCUT2D eigenvalue weighted by molar-refractivity contribution is 1.08.